The summed E-state index contributed by atoms with van der Waals surface area (Å²) in [5.41, 5.74) is 1.36. The lowest BCUT2D eigenvalue weighted by Crippen LogP contribution is -2.16. The van der Waals surface area contributed by atoms with Crippen molar-refractivity contribution in [2.24, 2.45) is 0 Å². The maximum absolute atomic E-state index is 5.75. The lowest BCUT2D eigenvalue weighted by molar-refractivity contribution is 0.303. The second-order valence-corrected chi connectivity index (χ2v) is 4.87. The lowest BCUT2D eigenvalue weighted by atomic mass is 10.0. The molecule has 1 aromatic rings. The number of benzene rings is 1. The normalized spacial score (nSPS) is 16.8. The molecule has 0 saturated heterocycles. The van der Waals surface area contributed by atoms with Gasteiger partial charge in [0.05, 0.1) is 6.10 Å². The van der Waals surface area contributed by atoms with Crippen molar-refractivity contribution in [3.8, 4) is 5.75 Å². The minimum Gasteiger partial charge on any atom is -0.490 e. The fourth-order valence-electron chi connectivity index (χ4n) is 2.04. The first-order valence-corrected chi connectivity index (χ1v) is 6.77. The van der Waals surface area contributed by atoms with Crippen molar-refractivity contribution in [1.82, 2.24) is 5.32 Å². The average molecular weight is 233 g/mol. The SMILES string of the molecule is CCCCC(NC)c1ccc(OC2CC2)cc1. The summed E-state index contributed by atoms with van der Waals surface area (Å²) in [5.74, 6) is 1.02. The zero-order chi connectivity index (χ0) is 12.1. The summed E-state index contributed by atoms with van der Waals surface area (Å²) in [6, 6.07) is 9.06. The van der Waals surface area contributed by atoms with Gasteiger partial charge in [0.25, 0.3) is 0 Å². The Kier molecular flexibility index (Phi) is 4.43. The maximum Gasteiger partial charge on any atom is 0.119 e. The number of rotatable bonds is 7. The van der Waals surface area contributed by atoms with Gasteiger partial charge in [0.2, 0.25) is 0 Å². The van der Waals surface area contributed by atoms with E-state index >= 15 is 0 Å². The number of hydrogen-bond donors (Lipinski definition) is 1. The molecule has 17 heavy (non-hydrogen) atoms. The topological polar surface area (TPSA) is 21.3 Å². The van der Waals surface area contributed by atoms with Crippen molar-refractivity contribution in [3.05, 3.63) is 29.8 Å². The van der Waals surface area contributed by atoms with E-state index in [4.69, 9.17) is 4.74 Å². The highest BCUT2D eigenvalue weighted by molar-refractivity contribution is 5.29. The highest BCUT2D eigenvalue weighted by Gasteiger charge is 2.23. The third kappa shape index (κ3) is 3.74. The van der Waals surface area contributed by atoms with Gasteiger partial charge in [-0.25, -0.2) is 0 Å². The molecule has 0 radical (unpaired) electrons. The van der Waals surface area contributed by atoms with Crippen molar-refractivity contribution in [2.45, 2.75) is 51.2 Å². The smallest absolute Gasteiger partial charge is 0.119 e. The Morgan fingerprint density at radius 1 is 1.29 bits per heavy atom. The summed E-state index contributed by atoms with van der Waals surface area (Å²) in [5, 5.41) is 3.38. The molecule has 1 aromatic carbocycles. The summed E-state index contributed by atoms with van der Waals surface area (Å²) < 4.78 is 5.75. The Labute approximate surface area is 104 Å². The molecule has 0 aromatic heterocycles. The molecule has 1 aliphatic rings. The van der Waals surface area contributed by atoms with Crippen LogP contribution in [-0.4, -0.2) is 13.2 Å². The van der Waals surface area contributed by atoms with Gasteiger partial charge in [0, 0.05) is 6.04 Å². The van der Waals surface area contributed by atoms with Crippen LogP contribution in [0.15, 0.2) is 24.3 Å². The van der Waals surface area contributed by atoms with Crippen LogP contribution in [0, 0.1) is 0 Å². The van der Waals surface area contributed by atoms with Gasteiger partial charge >= 0.3 is 0 Å². The van der Waals surface area contributed by atoms with Gasteiger partial charge in [-0.1, -0.05) is 31.9 Å². The molecule has 0 heterocycles. The van der Waals surface area contributed by atoms with Crippen LogP contribution in [0.1, 0.15) is 50.6 Å². The van der Waals surface area contributed by atoms with E-state index in [1.807, 2.05) is 7.05 Å². The van der Waals surface area contributed by atoms with Gasteiger partial charge in [-0.05, 0) is 44.0 Å². The number of unbranched alkanes of at least 4 members (excludes halogenated alkanes) is 1. The second-order valence-electron chi connectivity index (χ2n) is 4.87. The molecule has 1 fully saturated rings. The number of nitrogens with one attached hydrogen (secondary N) is 1. The third-order valence-electron chi connectivity index (χ3n) is 3.30. The van der Waals surface area contributed by atoms with Crippen LogP contribution >= 0.6 is 0 Å². The molecular formula is C15H23NO. The molecule has 0 aliphatic heterocycles. The zero-order valence-corrected chi connectivity index (χ0v) is 10.9. The summed E-state index contributed by atoms with van der Waals surface area (Å²) in [6.45, 7) is 2.24. The van der Waals surface area contributed by atoms with Crippen molar-refractivity contribution >= 4 is 0 Å². The van der Waals surface area contributed by atoms with E-state index in [0.717, 1.165) is 5.75 Å². The zero-order valence-electron chi connectivity index (χ0n) is 10.9. The first kappa shape index (κ1) is 12.4. The van der Waals surface area contributed by atoms with Crippen LogP contribution in [0.3, 0.4) is 0 Å². The molecule has 1 aliphatic carbocycles. The predicted molar refractivity (Wildman–Crippen MR) is 71.4 cm³/mol. The molecule has 2 rings (SSSR count). The average Bonchev–Trinajstić information content (AvgIpc) is 3.16. The minimum absolute atomic E-state index is 0.477. The standard InChI is InChI=1S/C15H23NO/c1-3-4-5-15(16-2)12-6-8-13(9-7-12)17-14-10-11-14/h6-9,14-16H,3-5,10-11H2,1-2H3. The Hall–Kier alpha value is -1.02. The Morgan fingerprint density at radius 2 is 2.00 bits per heavy atom. The van der Waals surface area contributed by atoms with Crippen LogP contribution in [0.5, 0.6) is 5.75 Å². The fourth-order valence-corrected chi connectivity index (χ4v) is 2.04. The van der Waals surface area contributed by atoms with Crippen molar-refractivity contribution in [3.63, 3.8) is 0 Å². The lowest BCUT2D eigenvalue weighted by Gasteiger charge is -2.16. The van der Waals surface area contributed by atoms with Crippen LogP contribution in [0.25, 0.3) is 0 Å². The first-order valence-electron chi connectivity index (χ1n) is 6.77. The summed E-state index contributed by atoms with van der Waals surface area (Å²) in [4.78, 5) is 0. The quantitative estimate of drug-likeness (QED) is 0.775. The fraction of sp³-hybridized carbons (Fsp3) is 0.600. The van der Waals surface area contributed by atoms with E-state index in [2.05, 4.69) is 36.5 Å². The highest BCUT2D eigenvalue weighted by Crippen LogP contribution is 2.28. The maximum atomic E-state index is 5.75. The van der Waals surface area contributed by atoms with Crippen LogP contribution < -0.4 is 10.1 Å². The molecule has 1 unspecified atom stereocenters. The Balaban J connectivity index is 1.93. The van der Waals surface area contributed by atoms with Crippen molar-refractivity contribution in [1.29, 1.82) is 0 Å². The molecule has 0 bridgehead atoms. The largest absolute Gasteiger partial charge is 0.490 e. The van der Waals surface area contributed by atoms with Crippen molar-refractivity contribution in [2.75, 3.05) is 7.05 Å². The Bertz CT molecular complexity index is 329. The Morgan fingerprint density at radius 3 is 2.53 bits per heavy atom. The van der Waals surface area contributed by atoms with E-state index in [1.54, 1.807) is 0 Å². The first-order chi connectivity index (χ1) is 8.33. The van der Waals surface area contributed by atoms with E-state index < -0.39 is 0 Å². The number of hydrogen-bond acceptors (Lipinski definition) is 2. The third-order valence-corrected chi connectivity index (χ3v) is 3.30. The minimum atomic E-state index is 0.477. The van der Waals surface area contributed by atoms with E-state index in [0.29, 0.717) is 12.1 Å². The molecule has 2 nitrogen and oxygen atoms in total. The predicted octanol–water partition coefficient (Wildman–Crippen LogP) is 3.68. The highest BCUT2D eigenvalue weighted by atomic mass is 16.5. The van der Waals surface area contributed by atoms with Gasteiger partial charge in [0.1, 0.15) is 5.75 Å². The van der Waals surface area contributed by atoms with Gasteiger partial charge < -0.3 is 10.1 Å². The van der Waals surface area contributed by atoms with Gasteiger partial charge in [-0.15, -0.1) is 0 Å². The van der Waals surface area contributed by atoms with E-state index in [-0.39, 0.29) is 0 Å². The van der Waals surface area contributed by atoms with Gasteiger partial charge in [0.15, 0.2) is 0 Å². The van der Waals surface area contributed by atoms with E-state index in [1.165, 1.54) is 37.7 Å². The summed E-state index contributed by atoms with van der Waals surface area (Å²) in [6.07, 6.45) is 6.65. The van der Waals surface area contributed by atoms with Crippen LogP contribution in [0.2, 0.25) is 0 Å². The molecule has 1 saturated carbocycles. The summed E-state index contributed by atoms with van der Waals surface area (Å²) in [7, 11) is 2.04. The molecule has 0 spiro atoms. The van der Waals surface area contributed by atoms with E-state index in [9.17, 15) is 0 Å². The molecule has 0 amide bonds. The monoisotopic (exact) mass is 233 g/mol. The molecule has 1 atom stereocenters. The molecule has 2 heteroatoms. The van der Waals surface area contributed by atoms with Crippen molar-refractivity contribution < 1.29 is 4.74 Å². The second kappa shape index (κ2) is 6.06. The van der Waals surface area contributed by atoms with Crippen LogP contribution in [-0.2, 0) is 0 Å². The number of ether oxygens (including phenoxy) is 1. The van der Waals surface area contributed by atoms with Gasteiger partial charge in [-0.3, -0.25) is 0 Å². The molecule has 94 valence electrons. The molecule has 1 N–H and O–H groups in total. The van der Waals surface area contributed by atoms with Gasteiger partial charge in [-0.2, -0.15) is 0 Å². The summed E-state index contributed by atoms with van der Waals surface area (Å²) >= 11 is 0. The van der Waals surface area contributed by atoms with Crippen LogP contribution in [0.4, 0.5) is 0 Å². The molecular weight excluding hydrogens is 210 g/mol.